The third-order valence-electron chi connectivity index (χ3n) is 4.68. The van der Waals surface area contributed by atoms with Gasteiger partial charge < -0.3 is 0 Å². The summed E-state index contributed by atoms with van der Waals surface area (Å²) in [5.74, 6) is 0. The highest BCUT2D eigenvalue weighted by molar-refractivity contribution is 7.79. The molecule has 1 aromatic heterocycles. The van der Waals surface area contributed by atoms with E-state index in [9.17, 15) is 26.3 Å². The highest BCUT2D eigenvalue weighted by Crippen LogP contribution is 2.37. The molecule has 4 aromatic rings. The quantitative estimate of drug-likeness (QED) is 0.275. The van der Waals surface area contributed by atoms with E-state index >= 15 is 0 Å². The van der Waals surface area contributed by atoms with Crippen LogP contribution in [-0.4, -0.2) is 4.98 Å². The molecule has 0 saturated carbocycles. The third-order valence-corrected chi connectivity index (χ3v) is 6.97. The summed E-state index contributed by atoms with van der Waals surface area (Å²) >= 11 is 0. The largest absolute Gasteiger partial charge is 0.416 e. The minimum Gasteiger partial charge on any atom is -0.247 e. The van der Waals surface area contributed by atoms with Crippen LogP contribution in [0.15, 0.2) is 84.9 Å². The van der Waals surface area contributed by atoms with Crippen LogP contribution in [0.2, 0.25) is 0 Å². The summed E-state index contributed by atoms with van der Waals surface area (Å²) in [5, 5.41) is 1.37. The maximum absolute atomic E-state index is 13.3. The molecule has 158 valence electrons. The predicted molar refractivity (Wildman–Crippen MR) is 110 cm³/mol. The first kappa shape index (κ1) is 21.3. The standard InChI is InChI=1S/C23H14F6NP/c24-22(25,26)16-6-3-8-18(13-16)31(19-9-4-7-17(14-19)23(27,28)29)21-12-11-15-5-1-2-10-20(15)30-21/h1-14H. The average Bonchev–Trinajstić information content (AvgIpc) is 2.73. The van der Waals surface area contributed by atoms with Gasteiger partial charge in [0.05, 0.1) is 22.1 Å². The Balaban J connectivity index is 1.93. The first-order valence-electron chi connectivity index (χ1n) is 9.13. The van der Waals surface area contributed by atoms with E-state index in [0.717, 1.165) is 29.7 Å². The first-order valence-corrected chi connectivity index (χ1v) is 10.5. The molecule has 3 aromatic carbocycles. The van der Waals surface area contributed by atoms with E-state index in [4.69, 9.17) is 0 Å². The molecule has 0 radical (unpaired) electrons. The molecule has 8 heteroatoms. The van der Waals surface area contributed by atoms with Gasteiger partial charge in [0, 0.05) is 13.3 Å². The number of hydrogen-bond acceptors (Lipinski definition) is 1. The summed E-state index contributed by atoms with van der Waals surface area (Å²) in [6, 6.07) is 20.0. The Morgan fingerprint density at radius 3 is 1.68 bits per heavy atom. The van der Waals surface area contributed by atoms with Crippen LogP contribution in [0.4, 0.5) is 26.3 Å². The van der Waals surface area contributed by atoms with Crippen LogP contribution >= 0.6 is 7.92 Å². The molecule has 4 rings (SSSR count). The smallest absolute Gasteiger partial charge is 0.247 e. The summed E-state index contributed by atoms with van der Waals surface area (Å²) in [5.41, 5.74) is -0.672. The number of hydrogen-bond donors (Lipinski definition) is 0. The van der Waals surface area contributed by atoms with Gasteiger partial charge in [-0.25, -0.2) is 4.98 Å². The van der Waals surface area contributed by atoms with Gasteiger partial charge in [0.25, 0.3) is 0 Å². The van der Waals surface area contributed by atoms with Crippen molar-refractivity contribution in [3.05, 3.63) is 96.1 Å². The second kappa shape index (κ2) is 7.97. The molecule has 0 saturated heterocycles. The molecule has 31 heavy (non-hydrogen) atoms. The molecule has 0 fully saturated rings. The van der Waals surface area contributed by atoms with Gasteiger partial charge in [0.15, 0.2) is 0 Å². The van der Waals surface area contributed by atoms with Crippen LogP contribution in [0.3, 0.4) is 0 Å². The summed E-state index contributed by atoms with van der Waals surface area (Å²) in [7, 11) is -1.76. The monoisotopic (exact) mass is 449 g/mol. The number of fused-ring (bicyclic) bond motifs is 1. The van der Waals surface area contributed by atoms with Crippen LogP contribution in [0.5, 0.6) is 0 Å². The first-order chi connectivity index (χ1) is 14.6. The van der Waals surface area contributed by atoms with E-state index in [-0.39, 0.29) is 10.6 Å². The molecule has 0 aliphatic carbocycles. The summed E-state index contributed by atoms with van der Waals surface area (Å²) in [4.78, 5) is 4.58. The highest BCUT2D eigenvalue weighted by Gasteiger charge is 2.33. The number of para-hydroxylation sites is 1. The third kappa shape index (κ3) is 4.57. The number of rotatable bonds is 3. The second-order valence-electron chi connectivity index (χ2n) is 6.79. The Labute approximate surface area is 175 Å². The fraction of sp³-hybridized carbons (Fsp3) is 0.0870. The normalized spacial score (nSPS) is 12.5. The van der Waals surface area contributed by atoms with Gasteiger partial charge in [-0.3, -0.25) is 0 Å². The van der Waals surface area contributed by atoms with Crippen molar-refractivity contribution < 1.29 is 26.3 Å². The lowest BCUT2D eigenvalue weighted by Gasteiger charge is -2.21. The number of pyridine rings is 1. The number of halogens is 6. The van der Waals surface area contributed by atoms with Crippen molar-refractivity contribution in [3.8, 4) is 0 Å². The molecule has 0 unspecified atom stereocenters. The molecule has 1 heterocycles. The molecule has 0 N–H and O–H groups in total. The van der Waals surface area contributed by atoms with Gasteiger partial charge in [-0.05, 0) is 47.0 Å². The average molecular weight is 449 g/mol. The lowest BCUT2D eigenvalue weighted by molar-refractivity contribution is -0.138. The Morgan fingerprint density at radius 2 is 1.13 bits per heavy atom. The van der Waals surface area contributed by atoms with Crippen LogP contribution < -0.4 is 16.0 Å². The Bertz CT molecular complexity index is 1170. The van der Waals surface area contributed by atoms with Gasteiger partial charge in [0.1, 0.15) is 0 Å². The van der Waals surface area contributed by atoms with Crippen molar-refractivity contribution in [2.75, 3.05) is 0 Å². The Kier molecular flexibility index (Phi) is 5.48. The van der Waals surface area contributed by atoms with E-state index in [0.29, 0.717) is 11.0 Å². The van der Waals surface area contributed by atoms with Gasteiger partial charge in [-0.1, -0.05) is 48.5 Å². The lowest BCUT2D eigenvalue weighted by Crippen LogP contribution is -2.25. The number of nitrogens with zero attached hydrogens (tertiary/aromatic N) is 1. The minimum absolute atomic E-state index is 0.270. The van der Waals surface area contributed by atoms with Crippen LogP contribution in [0.25, 0.3) is 10.9 Å². The van der Waals surface area contributed by atoms with Crippen molar-refractivity contribution in [3.63, 3.8) is 0 Å². The maximum atomic E-state index is 13.3. The minimum atomic E-state index is -4.57. The SMILES string of the molecule is FC(F)(F)c1cccc(P(c2cccc(C(F)(F)F)c2)c2ccc3ccccc3n2)c1. The zero-order valence-electron chi connectivity index (χ0n) is 15.7. The summed E-state index contributed by atoms with van der Waals surface area (Å²) in [6.45, 7) is 0. The number of alkyl halides is 6. The van der Waals surface area contributed by atoms with Gasteiger partial charge >= 0.3 is 12.4 Å². The van der Waals surface area contributed by atoms with Gasteiger partial charge in [0.2, 0.25) is 0 Å². The van der Waals surface area contributed by atoms with Gasteiger partial charge in [-0.2, -0.15) is 26.3 Å². The second-order valence-corrected chi connectivity index (χ2v) is 8.96. The van der Waals surface area contributed by atoms with Crippen LogP contribution in [-0.2, 0) is 12.4 Å². The van der Waals surface area contributed by atoms with Crippen LogP contribution in [0, 0.1) is 0 Å². The molecule has 0 spiro atoms. The van der Waals surface area contributed by atoms with E-state index in [2.05, 4.69) is 4.98 Å². The molecule has 1 nitrogen and oxygen atoms in total. The van der Waals surface area contributed by atoms with Crippen molar-refractivity contribution in [1.82, 2.24) is 4.98 Å². The topological polar surface area (TPSA) is 12.9 Å². The predicted octanol–water partition coefficient (Wildman–Crippen LogP) is 6.03. The van der Waals surface area contributed by atoms with Crippen LogP contribution in [0.1, 0.15) is 11.1 Å². The van der Waals surface area contributed by atoms with E-state index in [1.807, 2.05) is 12.1 Å². The fourth-order valence-corrected chi connectivity index (χ4v) is 5.50. The molecule has 0 amide bonds. The number of benzene rings is 3. The fourth-order valence-electron chi connectivity index (χ4n) is 3.24. The molecule has 0 atom stereocenters. The molecular formula is C23H14F6NP. The summed E-state index contributed by atoms with van der Waals surface area (Å²) < 4.78 is 79.8. The zero-order valence-corrected chi connectivity index (χ0v) is 16.6. The van der Waals surface area contributed by atoms with Crippen molar-refractivity contribution in [2.24, 2.45) is 0 Å². The van der Waals surface area contributed by atoms with Gasteiger partial charge in [-0.15, -0.1) is 0 Å². The Morgan fingerprint density at radius 1 is 0.581 bits per heavy atom. The Hall–Kier alpha value is -2.92. The van der Waals surface area contributed by atoms with Crippen molar-refractivity contribution in [1.29, 1.82) is 0 Å². The van der Waals surface area contributed by atoms with Crippen molar-refractivity contribution in [2.45, 2.75) is 12.4 Å². The molecule has 0 aliphatic heterocycles. The lowest BCUT2D eigenvalue weighted by atomic mass is 10.2. The molecular weight excluding hydrogens is 435 g/mol. The highest BCUT2D eigenvalue weighted by atomic mass is 31.1. The molecule has 0 aliphatic rings. The van der Waals surface area contributed by atoms with Crippen molar-refractivity contribution >= 4 is 34.9 Å². The van der Waals surface area contributed by atoms with E-state index < -0.39 is 31.4 Å². The molecule has 0 bridgehead atoms. The van der Waals surface area contributed by atoms with E-state index in [1.165, 1.54) is 24.3 Å². The number of aromatic nitrogens is 1. The van der Waals surface area contributed by atoms with E-state index in [1.54, 1.807) is 24.3 Å². The summed E-state index contributed by atoms with van der Waals surface area (Å²) in [6.07, 6.45) is -9.14. The maximum Gasteiger partial charge on any atom is 0.416 e. The zero-order chi connectivity index (χ0) is 22.2.